The molecule has 1 N–H and O–H groups in total. The summed E-state index contributed by atoms with van der Waals surface area (Å²) < 4.78 is 5.03. The normalized spacial score (nSPS) is 18.3. The zero-order valence-electron chi connectivity index (χ0n) is 15.4. The predicted molar refractivity (Wildman–Crippen MR) is 105 cm³/mol. The average molecular weight is 417 g/mol. The SMILES string of the molecule is COCCN1C(=O)C(=O)C(=C(O)c2ccc(Cl)cc2)C1c1ccc([N+](=O)[O-])cc1. The minimum atomic E-state index is -0.901. The Hall–Kier alpha value is -3.23. The molecule has 8 nitrogen and oxygen atoms in total. The van der Waals surface area contributed by atoms with E-state index in [1.54, 1.807) is 12.1 Å². The van der Waals surface area contributed by atoms with Crippen LogP contribution in [-0.4, -0.2) is 46.9 Å². The van der Waals surface area contributed by atoms with Crippen molar-refractivity contribution in [2.45, 2.75) is 6.04 Å². The van der Waals surface area contributed by atoms with Gasteiger partial charge in [-0.15, -0.1) is 0 Å². The van der Waals surface area contributed by atoms with E-state index in [9.17, 15) is 24.8 Å². The van der Waals surface area contributed by atoms with Crippen molar-refractivity contribution in [2.24, 2.45) is 0 Å². The van der Waals surface area contributed by atoms with Crippen LogP contribution < -0.4 is 0 Å². The van der Waals surface area contributed by atoms with E-state index in [1.165, 1.54) is 48.4 Å². The van der Waals surface area contributed by atoms with Crippen LogP contribution in [0.15, 0.2) is 54.1 Å². The number of aliphatic hydroxyl groups excluding tert-OH is 1. The van der Waals surface area contributed by atoms with Crippen molar-refractivity contribution < 1.29 is 24.4 Å². The predicted octanol–water partition coefficient (Wildman–Crippen LogP) is 3.32. The third-order valence-corrected chi connectivity index (χ3v) is 4.87. The van der Waals surface area contributed by atoms with Crippen molar-refractivity contribution in [2.75, 3.05) is 20.3 Å². The highest BCUT2D eigenvalue weighted by molar-refractivity contribution is 6.46. The maximum Gasteiger partial charge on any atom is 0.295 e. The Morgan fingerprint density at radius 1 is 1.17 bits per heavy atom. The van der Waals surface area contributed by atoms with Crippen molar-refractivity contribution in [1.29, 1.82) is 0 Å². The lowest BCUT2D eigenvalue weighted by atomic mass is 9.95. The second kappa shape index (κ2) is 8.42. The number of benzene rings is 2. The van der Waals surface area contributed by atoms with E-state index in [0.717, 1.165) is 0 Å². The smallest absolute Gasteiger partial charge is 0.295 e. The fourth-order valence-electron chi connectivity index (χ4n) is 3.19. The highest BCUT2D eigenvalue weighted by Crippen LogP contribution is 2.39. The summed E-state index contributed by atoms with van der Waals surface area (Å²) in [5, 5.41) is 22.2. The number of likely N-dealkylation sites (tertiary alicyclic amines) is 1. The number of aliphatic hydroxyl groups is 1. The van der Waals surface area contributed by atoms with Gasteiger partial charge in [0.25, 0.3) is 17.4 Å². The Kier molecular flexibility index (Phi) is 5.95. The van der Waals surface area contributed by atoms with Crippen molar-refractivity contribution in [3.05, 3.63) is 80.4 Å². The standard InChI is InChI=1S/C20H17ClN2O6/c1-29-11-10-22-17(12-4-8-15(9-5-12)23(27)28)16(19(25)20(22)26)18(24)13-2-6-14(21)7-3-13/h2-9,17,24H,10-11H2,1H3. The van der Waals surface area contributed by atoms with Crippen molar-refractivity contribution in [1.82, 2.24) is 4.90 Å². The summed E-state index contributed by atoms with van der Waals surface area (Å²) in [7, 11) is 1.46. The van der Waals surface area contributed by atoms with Crippen LogP contribution in [-0.2, 0) is 14.3 Å². The first kappa shape index (κ1) is 20.5. The zero-order chi connectivity index (χ0) is 21.1. The Balaban J connectivity index is 2.14. The number of nitro benzene ring substituents is 1. The molecule has 2 aromatic carbocycles. The van der Waals surface area contributed by atoms with Crippen LogP contribution in [0.3, 0.4) is 0 Å². The molecule has 0 bridgehead atoms. The molecule has 0 spiro atoms. The molecular formula is C20H17ClN2O6. The molecule has 0 radical (unpaired) electrons. The van der Waals surface area contributed by atoms with E-state index in [0.29, 0.717) is 16.1 Å². The van der Waals surface area contributed by atoms with Gasteiger partial charge in [0, 0.05) is 36.4 Å². The molecule has 0 aliphatic carbocycles. The first-order valence-corrected chi connectivity index (χ1v) is 9.00. The number of carbonyl (C=O) groups excluding carboxylic acids is 2. The summed E-state index contributed by atoms with van der Waals surface area (Å²) in [6, 6.07) is 10.8. The maximum absolute atomic E-state index is 12.7. The first-order valence-electron chi connectivity index (χ1n) is 8.62. The lowest BCUT2D eigenvalue weighted by Crippen LogP contribution is -2.32. The molecule has 1 unspecified atom stereocenters. The molecule has 150 valence electrons. The van der Waals surface area contributed by atoms with Crippen LogP contribution in [0.4, 0.5) is 5.69 Å². The highest BCUT2D eigenvalue weighted by atomic mass is 35.5. The fourth-order valence-corrected chi connectivity index (χ4v) is 3.31. The van der Waals surface area contributed by atoms with Gasteiger partial charge in [-0.1, -0.05) is 11.6 Å². The average Bonchev–Trinajstić information content (AvgIpc) is 2.97. The van der Waals surface area contributed by atoms with Gasteiger partial charge in [-0.3, -0.25) is 19.7 Å². The fraction of sp³-hybridized carbons (Fsp3) is 0.200. The number of methoxy groups -OCH3 is 1. The number of Topliss-reactive ketones (excluding diaryl/α,β-unsaturated/α-hetero) is 1. The molecule has 1 heterocycles. The molecule has 3 rings (SSSR count). The quantitative estimate of drug-likeness (QED) is 0.254. The number of ether oxygens (including phenoxy) is 1. The molecule has 1 atom stereocenters. The second-order valence-electron chi connectivity index (χ2n) is 6.34. The summed E-state index contributed by atoms with van der Waals surface area (Å²) in [6.45, 7) is 0.289. The van der Waals surface area contributed by atoms with Gasteiger partial charge in [0.1, 0.15) is 5.76 Å². The molecule has 1 amide bonds. The van der Waals surface area contributed by atoms with E-state index in [-0.39, 0.29) is 30.2 Å². The minimum Gasteiger partial charge on any atom is -0.507 e. The molecule has 1 aliphatic heterocycles. The Labute approximate surface area is 171 Å². The number of carbonyl (C=O) groups is 2. The minimum absolute atomic E-state index is 0.0951. The summed E-state index contributed by atoms with van der Waals surface area (Å²) in [5.41, 5.74) is 0.565. The van der Waals surface area contributed by atoms with Crippen LogP contribution in [0.2, 0.25) is 5.02 Å². The van der Waals surface area contributed by atoms with Gasteiger partial charge in [-0.25, -0.2) is 0 Å². The van der Waals surface area contributed by atoms with Gasteiger partial charge >= 0.3 is 0 Å². The maximum atomic E-state index is 12.7. The van der Waals surface area contributed by atoms with Crippen LogP contribution in [0.25, 0.3) is 5.76 Å². The number of nitro groups is 1. The highest BCUT2D eigenvalue weighted by Gasteiger charge is 2.45. The number of amides is 1. The van der Waals surface area contributed by atoms with Crippen LogP contribution in [0.1, 0.15) is 17.2 Å². The number of halogens is 1. The third-order valence-electron chi connectivity index (χ3n) is 4.61. The first-order chi connectivity index (χ1) is 13.8. The van der Waals surface area contributed by atoms with E-state index in [1.807, 2.05) is 0 Å². The second-order valence-corrected chi connectivity index (χ2v) is 6.78. The van der Waals surface area contributed by atoms with Crippen LogP contribution >= 0.6 is 11.6 Å². The van der Waals surface area contributed by atoms with Gasteiger partial charge < -0.3 is 14.7 Å². The van der Waals surface area contributed by atoms with Gasteiger partial charge in [0.05, 0.1) is 23.1 Å². The van der Waals surface area contributed by atoms with E-state index < -0.39 is 22.7 Å². The molecule has 1 saturated heterocycles. The van der Waals surface area contributed by atoms with Crippen molar-refractivity contribution in [3.63, 3.8) is 0 Å². The molecule has 1 aliphatic rings. The molecule has 0 aromatic heterocycles. The largest absolute Gasteiger partial charge is 0.507 e. The number of rotatable bonds is 6. The number of hydrogen-bond acceptors (Lipinski definition) is 6. The molecule has 0 saturated carbocycles. The zero-order valence-corrected chi connectivity index (χ0v) is 16.1. The summed E-state index contributed by atoms with van der Waals surface area (Å²) in [5.74, 6) is -1.96. The topological polar surface area (TPSA) is 110 Å². The van der Waals surface area contributed by atoms with Gasteiger partial charge in [-0.05, 0) is 42.0 Å². The van der Waals surface area contributed by atoms with E-state index in [4.69, 9.17) is 16.3 Å². The summed E-state index contributed by atoms with van der Waals surface area (Å²) in [6.07, 6.45) is 0. The van der Waals surface area contributed by atoms with Gasteiger partial charge in [-0.2, -0.15) is 0 Å². The number of ketones is 1. The van der Waals surface area contributed by atoms with Crippen LogP contribution in [0, 0.1) is 10.1 Å². The number of non-ortho nitro benzene ring substituents is 1. The van der Waals surface area contributed by atoms with Crippen LogP contribution in [0.5, 0.6) is 0 Å². The lowest BCUT2D eigenvalue weighted by molar-refractivity contribution is -0.384. The lowest BCUT2D eigenvalue weighted by Gasteiger charge is -2.25. The Morgan fingerprint density at radius 3 is 2.34 bits per heavy atom. The molecule has 2 aromatic rings. The molecular weight excluding hydrogens is 400 g/mol. The molecule has 1 fully saturated rings. The summed E-state index contributed by atoms with van der Waals surface area (Å²) in [4.78, 5) is 37.0. The number of nitrogens with zero attached hydrogens (tertiary/aromatic N) is 2. The molecule has 29 heavy (non-hydrogen) atoms. The Morgan fingerprint density at radius 2 is 1.79 bits per heavy atom. The van der Waals surface area contributed by atoms with Gasteiger partial charge in [0.15, 0.2) is 0 Å². The van der Waals surface area contributed by atoms with E-state index in [2.05, 4.69) is 0 Å². The van der Waals surface area contributed by atoms with Crippen molar-refractivity contribution in [3.8, 4) is 0 Å². The third kappa shape index (κ3) is 3.98. The van der Waals surface area contributed by atoms with Gasteiger partial charge in [0.2, 0.25) is 0 Å². The van der Waals surface area contributed by atoms with E-state index >= 15 is 0 Å². The number of hydrogen-bond donors (Lipinski definition) is 1. The summed E-state index contributed by atoms with van der Waals surface area (Å²) >= 11 is 5.88. The molecule has 9 heteroatoms. The van der Waals surface area contributed by atoms with Crippen molar-refractivity contribution >= 4 is 34.7 Å². The Bertz CT molecular complexity index is 985. The monoisotopic (exact) mass is 416 g/mol.